The molecule has 1 atom stereocenters. The van der Waals surface area contributed by atoms with Gasteiger partial charge in [0.05, 0.1) is 0 Å². The highest BCUT2D eigenvalue weighted by molar-refractivity contribution is 7.12. The Morgan fingerprint density at radius 1 is 1.38 bits per heavy atom. The minimum absolute atomic E-state index is 0.726. The van der Waals surface area contributed by atoms with E-state index >= 15 is 0 Å². The maximum absolute atomic E-state index is 3.56. The van der Waals surface area contributed by atoms with Gasteiger partial charge in [-0.15, -0.1) is 11.3 Å². The number of piperidine rings is 1. The van der Waals surface area contributed by atoms with E-state index in [2.05, 4.69) is 44.0 Å². The van der Waals surface area contributed by atoms with Crippen molar-refractivity contribution < 1.29 is 0 Å². The molecule has 1 aromatic rings. The first-order chi connectivity index (χ1) is 10.1. The predicted octanol–water partition coefficient (Wildman–Crippen LogP) is 4.57. The molecule has 1 aromatic heterocycles. The third kappa shape index (κ3) is 5.08. The first-order valence-electron chi connectivity index (χ1n) is 8.63. The summed E-state index contributed by atoms with van der Waals surface area (Å²) < 4.78 is 0. The largest absolute Gasteiger partial charge is 0.312 e. The van der Waals surface area contributed by atoms with Crippen LogP contribution in [0.25, 0.3) is 0 Å². The number of nitrogens with one attached hydrogen (secondary N) is 1. The van der Waals surface area contributed by atoms with Crippen molar-refractivity contribution in [3.8, 4) is 0 Å². The first-order valence-corrected chi connectivity index (χ1v) is 9.44. The Bertz CT molecular complexity index is 425. The summed E-state index contributed by atoms with van der Waals surface area (Å²) in [5, 5.41) is 3.56. The maximum Gasteiger partial charge on any atom is 0.0300 e. The quantitative estimate of drug-likeness (QED) is 0.794. The summed E-state index contributed by atoms with van der Waals surface area (Å²) in [6.07, 6.45) is 5.49. The van der Waals surface area contributed by atoms with Crippen molar-refractivity contribution in [1.29, 1.82) is 0 Å². The van der Waals surface area contributed by atoms with E-state index in [0.29, 0.717) is 0 Å². The van der Waals surface area contributed by atoms with E-state index < -0.39 is 0 Å². The van der Waals surface area contributed by atoms with E-state index in [1.807, 2.05) is 11.3 Å². The van der Waals surface area contributed by atoms with E-state index in [0.717, 1.165) is 31.6 Å². The molecular formula is C18H32N2S. The van der Waals surface area contributed by atoms with Crippen LogP contribution in [0.2, 0.25) is 0 Å². The third-order valence-electron chi connectivity index (χ3n) is 4.52. The summed E-state index contributed by atoms with van der Waals surface area (Å²) in [4.78, 5) is 5.72. The second kappa shape index (κ2) is 8.30. The third-order valence-corrected chi connectivity index (χ3v) is 5.61. The number of thiophene rings is 1. The van der Waals surface area contributed by atoms with E-state index in [4.69, 9.17) is 0 Å². The summed E-state index contributed by atoms with van der Waals surface area (Å²) in [5.41, 5.74) is 1.56. The Kier molecular flexibility index (Phi) is 6.72. The average Bonchev–Trinajstić information content (AvgIpc) is 2.79. The van der Waals surface area contributed by atoms with Gasteiger partial charge in [0.25, 0.3) is 0 Å². The van der Waals surface area contributed by atoms with Gasteiger partial charge in [-0.25, -0.2) is 0 Å². The number of nitrogens with zero attached hydrogens (tertiary/aromatic N) is 1. The highest BCUT2D eigenvalue weighted by atomic mass is 32.1. The molecule has 3 heteroatoms. The van der Waals surface area contributed by atoms with E-state index in [1.54, 1.807) is 5.56 Å². The average molecular weight is 309 g/mol. The normalized spacial score (nSPS) is 20.3. The molecule has 1 aliphatic rings. The minimum Gasteiger partial charge on any atom is -0.312 e. The number of hydrogen-bond donors (Lipinski definition) is 1. The van der Waals surface area contributed by atoms with Crippen LogP contribution in [0.5, 0.6) is 0 Å². The summed E-state index contributed by atoms with van der Waals surface area (Å²) in [6.45, 7) is 13.7. The molecule has 2 rings (SSSR count). The van der Waals surface area contributed by atoms with Gasteiger partial charge in [0.2, 0.25) is 0 Å². The molecule has 1 fully saturated rings. The molecule has 0 radical (unpaired) electrons. The van der Waals surface area contributed by atoms with E-state index in [-0.39, 0.29) is 0 Å². The molecule has 21 heavy (non-hydrogen) atoms. The van der Waals surface area contributed by atoms with E-state index in [9.17, 15) is 0 Å². The van der Waals surface area contributed by atoms with Crippen molar-refractivity contribution in [2.24, 2.45) is 5.92 Å². The smallest absolute Gasteiger partial charge is 0.0300 e. The lowest BCUT2D eigenvalue weighted by molar-refractivity contribution is 0.136. The first kappa shape index (κ1) is 17.0. The number of rotatable bonds is 7. The van der Waals surface area contributed by atoms with Crippen LogP contribution in [0.1, 0.15) is 61.8 Å². The molecule has 1 unspecified atom stereocenters. The van der Waals surface area contributed by atoms with Crippen molar-refractivity contribution in [2.75, 3.05) is 13.1 Å². The number of hydrogen-bond acceptors (Lipinski definition) is 3. The monoisotopic (exact) mass is 308 g/mol. The van der Waals surface area contributed by atoms with Crippen LogP contribution in [-0.4, -0.2) is 24.0 Å². The van der Waals surface area contributed by atoms with Crippen molar-refractivity contribution in [3.63, 3.8) is 0 Å². The van der Waals surface area contributed by atoms with Gasteiger partial charge < -0.3 is 5.32 Å². The van der Waals surface area contributed by atoms with Gasteiger partial charge in [-0.05, 0) is 56.8 Å². The molecular weight excluding hydrogens is 276 g/mol. The molecule has 0 amide bonds. The molecule has 1 saturated heterocycles. The van der Waals surface area contributed by atoms with Crippen LogP contribution in [0.15, 0.2) is 6.07 Å². The van der Waals surface area contributed by atoms with Crippen LogP contribution in [-0.2, 0) is 13.1 Å². The van der Waals surface area contributed by atoms with Crippen molar-refractivity contribution >= 4 is 11.3 Å². The number of aryl methyl sites for hydroxylation is 1. The van der Waals surface area contributed by atoms with Crippen LogP contribution < -0.4 is 5.32 Å². The standard InChI is InChI=1S/C18H32N2S/c1-5-17-8-6-7-9-20(17)13-16-10-18(21-15(16)4)12-19-11-14(2)3/h10,14,17,19H,5-9,11-13H2,1-4H3. The zero-order valence-electron chi connectivity index (χ0n) is 14.2. The van der Waals surface area contributed by atoms with Gasteiger partial charge in [0, 0.05) is 28.9 Å². The van der Waals surface area contributed by atoms with Crippen LogP contribution in [0.4, 0.5) is 0 Å². The van der Waals surface area contributed by atoms with Crippen molar-refractivity contribution in [2.45, 2.75) is 72.5 Å². The van der Waals surface area contributed by atoms with Gasteiger partial charge in [-0.1, -0.05) is 27.2 Å². The zero-order valence-corrected chi connectivity index (χ0v) is 15.1. The van der Waals surface area contributed by atoms with Crippen LogP contribution >= 0.6 is 11.3 Å². The molecule has 0 aliphatic carbocycles. The Balaban J connectivity index is 1.92. The molecule has 2 heterocycles. The molecule has 1 N–H and O–H groups in total. The Labute approximate surface area is 134 Å². The highest BCUT2D eigenvalue weighted by Crippen LogP contribution is 2.27. The predicted molar refractivity (Wildman–Crippen MR) is 93.9 cm³/mol. The van der Waals surface area contributed by atoms with Gasteiger partial charge in [0.1, 0.15) is 0 Å². The fraction of sp³-hybridized carbons (Fsp3) is 0.778. The van der Waals surface area contributed by atoms with E-state index in [1.165, 1.54) is 42.0 Å². The lowest BCUT2D eigenvalue weighted by Gasteiger charge is -2.35. The summed E-state index contributed by atoms with van der Waals surface area (Å²) in [7, 11) is 0. The second-order valence-corrected chi connectivity index (χ2v) is 8.19. The zero-order chi connectivity index (χ0) is 15.2. The van der Waals surface area contributed by atoms with Crippen LogP contribution in [0.3, 0.4) is 0 Å². The molecule has 0 saturated carbocycles. The topological polar surface area (TPSA) is 15.3 Å². The Morgan fingerprint density at radius 2 is 2.19 bits per heavy atom. The fourth-order valence-corrected chi connectivity index (χ4v) is 4.29. The van der Waals surface area contributed by atoms with Crippen LogP contribution in [0, 0.1) is 12.8 Å². The van der Waals surface area contributed by atoms with Crippen molar-refractivity contribution in [1.82, 2.24) is 10.2 Å². The molecule has 120 valence electrons. The second-order valence-electron chi connectivity index (χ2n) is 6.85. The van der Waals surface area contributed by atoms with Crippen molar-refractivity contribution in [3.05, 3.63) is 21.4 Å². The SMILES string of the molecule is CCC1CCCCN1Cc1cc(CNCC(C)C)sc1C. The fourth-order valence-electron chi connectivity index (χ4n) is 3.27. The lowest BCUT2D eigenvalue weighted by atomic mass is 9.99. The summed E-state index contributed by atoms with van der Waals surface area (Å²) in [5.74, 6) is 0.726. The summed E-state index contributed by atoms with van der Waals surface area (Å²) in [6, 6.07) is 3.25. The Morgan fingerprint density at radius 3 is 2.90 bits per heavy atom. The molecule has 2 nitrogen and oxygen atoms in total. The van der Waals surface area contributed by atoms with Gasteiger partial charge in [-0.3, -0.25) is 4.90 Å². The van der Waals surface area contributed by atoms with Gasteiger partial charge >= 0.3 is 0 Å². The Hall–Kier alpha value is -0.380. The minimum atomic E-state index is 0.726. The highest BCUT2D eigenvalue weighted by Gasteiger charge is 2.21. The lowest BCUT2D eigenvalue weighted by Crippen LogP contribution is -2.38. The van der Waals surface area contributed by atoms with Gasteiger partial charge in [0.15, 0.2) is 0 Å². The molecule has 0 aromatic carbocycles. The molecule has 1 aliphatic heterocycles. The number of likely N-dealkylation sites (tertiary alicyclic amines) is 1. The van der Waals surface area contributed by atoms with Gasteiger partial charge in [-0.2, -0.15) is 0 Å². The maximum atomic E-state index is 3.56. The molecule has 0 bridgehead atoms. The molecule has 0 spiro atoms. The summed E-state index contributed by atoms with van der Waals surface area (Å²) >= 11 is 1.97.